The Bertz CT molecular complexity index is 260. The SMILES string of the molecule is C=CN1CCCC1=O.c1cnccn1. The van der Waals surface area contributed by atoms with E-state index >= 15 is 0 Å². The summed E-state index contributed by atoms with van der Waals surface area (Å²) in [6.07, 6.45) is 9.84. The first-order valence-corrected chi connectivity index (χ1v) is 4.46. The van der Waals surface area contributed by atoms with E-state index in [9.17, 15) is 4.79 Å². The summed E-state index contributed by atoms with van der Waals surface area (Å²) in [6.45, 7) is 4.36. The number of carbonyl (C=O) groups is 1. The van der Waals surface area contributed by atoms with Crippen LogP contribution in [0, 0.1) is 0 Å². The van der Waals surface area contributed by atoms with Crippen molar-refractivity contribution in [3.8, 4) is 0 Å². The molecule has 1 aliphatic rings. The zero-order valence-corrected chi connectivity index (χ0v) is 7.97. The second kappa shape index (κ2) is 5.85. The lowest BCUT2D eigenvalue weighted by Crippen LogP contribution is -2.16. The maximum absolute atomic E-state index is 10.7. The lowest BCUT2D eigenvalue weighted by atomic mass is 10.4. The summed E-state index contributed by atoms with van der Waals surface area (Å²) in [5.41, 5.74) is 0. The van der Waals surface area contributed by atoms with E-state index < -0.39 is 0 Å². The molecule has 1 aromatic heterocycles. The van der Waals surface area contributed by atoms with Gasteiger partial charge >= 0.3 is 0 Å². The van der Waals surface area contributed by atoms with Crippen molar-refractivity contribution in [3.63, 3.8) is 0 Å². The third-order valence-electron chi connectivity index (χ3n) is 1.81. The molecule has 0 aromatic carbocycles. The van der Waals surface area contributed by atoms with Gasteiger partial charge < -0.3 is 4.90 Å². The number of aromatic nitrogens is 2. The highest BCUT2D eigenvalue weighted by atomic mass is 16.2. The van der Waals surface area contributed by atoms with Gasteiger partial charge in [0.1, 0.15) is 0 Å². The highest BCUT2D eigenvalue weighted by Gasteiger charge is 2.15. The molecule has 4 nitrogen and oxygen atoms in total. The topological polar surface area (TPSA) is 46.1 Å². The highest BCUT2D eigenvalue weighted by molar-refractivity contribution is 5.78. The van der Waals surface area contributed by atoms with Crippen molar-refractivity contribution in [3.05, 3.63) is 37.6 Å². The third kappa shape index (κ3) is 3.35. The molecule has 0 radical (unpaired) electrons. The normalized spacial score (nSPS) is 14.6. The van der Waals surface area contributed by atoms with Gasteiger partial charge in [0.15, 0.2) is 0 Å². The largest absolute Gasteiger partial charge is 0.320 e. The Morgan fingerprint density at radius 2 is 1.86 bits per heavy atom. The average molecular weight is 191 g/mol. The van der Waals surface area contributed by atoms with E-state index in [1.165, 1.54) is 0 Å². The summed E-state index contributed by atoms with van der Waals surface area (Å²) in [5.74, 6) is 0.208. The molecule has 4 heteroatoms. The van der Waals surface area contributed by atoms with Crippen molar-refractivity contribution in [2.24, 2.45) is 0 Å². The van der Waals surface area contributed by atoms with Gasteiger partial charge in [-0.3, -0.25) is 14.8 Å². The Hall–Kier alpha value is -1.71. The van der Waals surface area contributed by atoms with Gasteiger partial charge in [-0.15, -0.1) is 0 Å². The predicted molar refractivity (Wildman–Crippen MR) is 53.2 cm³/mol. The van der Waals surface area contributed by atoms with E-state index in [1.54, 1.807) is 35.9 Å². The Labute approximate surface area is 83.3 Å². The zero-order valence-electron chi connectivity index (χ0n) is 7.97. The maximum Gasteiger partial charge on any atom is 0.226 e. The summed E-state index contributed by atoms with van der Waals surface area (Å²) in [5, 5.41) is 0. The lowest BCUT2D eigenvalue weighted by molar-refractivity contribution is -0.125. The Morgan fingerprint density at radius 1 is 1.29 bits per heavy atom. The van der Waals surface area contributed by atoms with Crippen molar-refractivity contribution in [2.75, 3.05) is 6.54 Å². The number of rotatable bonds is 1. The van der Waals surface area contributed by atoms with Crippen molar-refractivity contribution in [1.82, 2.24) is 14.9 Å². The van der Waals surface area contributed by atoms with Gasteiger partial charge in [0, 0.05) is 37.8 Å². The van der Waals surface area contributed by atoms with Gasteiger partial charge in [-0.1, -0.05) is 6.58 Å². The second-order valence-electron chi connectivity index (χ2n) is 2.77. The molecular formula is C10H13N3O. The van der Waals surface area contributed by atoms with Crippen LogP contribution in [-0.4, -0.2) is 27.3 Å². The van der Waals surface area contributed by atoms with E-state index in [0.717, 1.165) is 13.0 Å². The molecule has 0 unspecified atom stereocenters. The van der Waals surface area contributed by atoms with Crippen molar-refractivity contribution < 1.29 is 4.79 Å². The molecule has 0 bridgehead atoms. The maximum atomic E-state index is 10.7. The Kier molecular flexibility index (Phi) is 4.34. The van der Waals surface area contributed by atoms with Crippen LogP contribution in [-0.2, 0) is 4.79 Å². The molecule has 14 heavy (non-hydrogen) atoms. The molecule has 0 spiro atoms. The first-order chi connectivity index (χ1) is 6.84. The van der Waals surface area contributed by atoms with Gasteiger partial charge in [-0.05, 0) is 12.6 Å². The number of hydrogen-bond donors (Lipinski definition) is 0. The van der Waals surface area contributed by atoms with Crippen LogP contribution in [0.2, 0.25) is 0 Å². The van der Waals surface area contributed by atoms with Crippen molar-refractivity contribution in [1.29, 1.82) is 0 Å². The number of hydrogen-bond acceptors (Lipinski definition) is 3. The Morgan fingerprint density at radius 3 is 2.07 bits per heavy atom. The first-order valence-electron chi connectivity index (χ1n) is 4.46. The van der Waals surface area contributed by atoms with Crippen LogP contribution >= 0.6 is 0 Å². The smallest absolute Gasteiger partial charge is 0.226 e. The van der Waals surface area contributed by atoms with Gasteiger partial charge in [0.25, 0.3) is 0 Å². The molecule has 0 saturated carbocycles. The molecule has 1 aliphatic heterocycles. The summed E-state index contributed by atoms with van der Waals surface area (Å²) in [6, 6.07) is 0. The first kappa shape index (κ1) is 10.4. The minimum absolute atomic E-state index is 0.208. The second-order valence-corrected chi connectivity index (χ2v) is 2.77. The molecule has 2 rings (SSSR count). The van der Waals surface area contributed by atoms with Crippen molar-refractivity contribution >= 4 is 5.91 Å². The van der Waals surface area contributed by atoms with Gasteiger partial charge in [-0.2, -0.15) is 0 Å². The molecule has 0 atom stereocenters. The van der Waals surface area contributed by atoms with Crippen LogP contribution in [0.15, 0.2) is 37.6 Å². The van der Waals surface area contributed by atoms with E-state index in [1.807, 2.05) is 0 Å². The lowest BCUT2D eigenvalue weighted by Gasteiger charge is -2.05. The molecule has 74 valence electrons. The fraction of sp³-hybridized carbons (Fsp3) is 0.300. The minimum Gasteiger partial charge on any atom is -0.320 e. The van der Waals surface area contributed by atoms with E-state index in [4.69, 9.17) is 0 Å². The fourth-order valence-corrected chi connectivity index (χ4v) is 1.12. The molecule has 0 N–H and O–H groups in total. The summed E-state index contributed by atoms with van der Waals surface area (Å²) in [4.78, 5) is 19.8. The van der Waals surface area contributed by atoms with Crippen LogP contribution in [0.1, 0.15) is 12.8 Å². The number of nitrogens with zero attached hydrogens (tertiary/aromatic N) is 3. The van der Waals surface area contributed by atoms with Gasteiger partial charge in [0.2, 0.25) is 5.91 Å². The quantitative estimate of drug-likeness (QED) is 0.670. The van der Waals surface area contributed by atoms with E-state index in [0.29, 0.717) is 6.42 Å². The van der Waals surface area contributed by atoms with Crippen LogP contribution in [0.4, 0.5) is 0 Å². The molecule has 0 aliphatic carbocycles. The van der Waals surface area contributed by atoms with Gasteiger partial charge in [-0.25, -0.2) is 0 Å². The van der Waals surface area contributed by atoms with Crippen LogP contribution < -0.4 is 0 Å². The van der Waals surface area contributed by atoms with Crippen molar-refractivity contribution in [2.45, 2.75) is 12.8 Å². The summed E-state index contributed by atoms with van der Waals surface area (Å²) < 4.78 is 0. The summed E-state index contributed by atoms with van der Waals surface area (Å²) in [7, 11) is 0. The van der Waals surface area contributed by atoms with E-state index in [-0.39, 0.29) is 5.91 Å². The molecular weight excluding hydrogens is 178 g/mol. The van der Waals surface area contributed by atoms with E-state index in [2.05, 4.69) is 16.5 Å². The molecule has 1 amide bonds. The minimum atomic E-state index is 0.208. The zero-order chi connectivity index (χ0) is 10.2. The average Bonchev–Trinajstić information content (AvgIpc) is 2.67. The number of likely N-dealkylation sites (tertiary alicyclic amines) is 1. The van der Waals surface area contributed by atoms with Crippen LogP contribution in [0.25, 0.3) is 0 Å². The molecule has 1 aromatic rings. The molecule has 1 saturated heterocycles. The fourth-order valence-electron chi connectivity index (χ4n) is 1.12. The highest BCUT2D eigenvalue weighted by Crippen LogP contribution is 2.08. The number of amides is 1. The monoisotopic (exact) mass is 191 g/mol. The van der Waals surface area contributed by atoms with Crippen LogP contribution in [0.3, 0.4) is 0 Å². The number of carbonyl (C=O) groups excluding carboxylic acids is 1. The standard InChI is InChI=1S/C6H9NO.C4H4N2/c1-2-7-5-3-4-6(7)8;1-2-6-4-3-5-1/h2H,1,3-5H2;1-4H. The van der Waals surface area contributed by atoms with Crippen LogP contribution in [0.5, 0.6) is 0 Å². The predicted octanol–water partition coefficient (Wildman–Crippen LogP) is 1.23. The summed E-state index contributed by atoms with van der Waals surface area (Å²) >= 11 is 0. The van der Waals surface area contributed by atoms with Gasteiger partial charge in [0.05, 0.1) is 0 Å². The Balaban J connectivity index is 0.000000146. The third-order valence-corrected chi connectivity index (χ3v) is 1.81. The molecule has 1 fully saturated rings. The molecule has 2 heterocycles.